The number of nitrogens with zero attached hydrogens (tertiary/aromatic N) is 4. The summed E-state index contributed by atoms with van der Waals surface area (Å²) < 4.78 is 2.47. The fraction of sp³-hybridized carbons (Fsp3) is 0.417. The van der Waals surface area contributed by atoms with Crippen LogP contribution in [0.4, 0.5) is 0 Å². The Bertz CT molecular complexity index is 589. The average Bonchev–Trinajstić information content (AvgIpc) is 2.81. The molecule has 0 aromatic carbocycles. The molecule has 1 aliphatic heterocycles. The highest BCUT2D eigenvalue weighted by atomic mass is 79.9. The van der Waals surface area contributed by atoms with Crippen molar-refractivity contribution in [2.45, 2.75) is 19.3 Å². The van der Waals surface area contributed by atoms with Gasteiger partial charge in [-0.1, -0.05) is 0 Å². The van der Waals surface area contributed by atoms with Crippen LogP contribution in [0.25, 0.3) is 5.65 Å². The summed E-state index contributed by atoms with van der Waals surface area (Å²) in [5, 5.41) is 4.17. The van der Waals surface area contributed by atoms with Crippen LogP contribution < -0.4 is 0 Å². The molecule has 18 heavy (non-hydrogen) atoms. The van der Waals surface area contributed by atoms with E-state index in [1.54, 1.807) is 23.1 Å². The Balaban J connectivity index is 1.96. The van der Waals surface area contributed by atoms with E-state index in [9.17, 15) is 4.79 Å². The van der Waals surface area contributed by atoms with Crippen molar-refractivity contribution >= 4 is 27.5 Å². The Morgan fingerprint density at radius 1 is 1.22 bits per heavy atom. The Morgan fingerprint density at radius 2 is 2.00 bits per heavy atom. The predicted octanol–water partition coefficient (Wildman–Crippen LogP) is 2.12. The maximum absolute atomic E-state index is 12.4. The zero-order chi connectivity index (χ0) is 12.5. The number of fused-ring (bicyclic) bond motifs is 1. The molecule has 3 rings (SSSR count). The van der Waals surface area contributed by atoms with E-state index in [1.165, 1.54) is 6.42 Å². The Labute approximate surface area is 113 Å². The normalized spacial score (nSPS) is 16.2. The molecule has 0 unspecified atom stereocenters. The highest BCUT2D eigenvalue weighted by Gasteiger charge is 2.22. The van der Waals surface area contributed by atoms with Gasteiger partial charge in [-0.3, -0.25) is 4.79 Å². The molecule has 5 nitrogen and oxygen atoms in total. The Morgan fingerprint density at radius 3 is 2.78 bits per heavy atom. The molecule has 3 heterocycles. The lowest BCUT2D eigenvalue weighted by Crippen LogP contribution is -2.35. The summed E-state index contributed by atoms with van der Waals surface area (Å²) in [5.74, 6) is 0.0412. The number of carbonyl (C=O) groups excluding carboxylic acids is 1. The van der Waals surface area contributed by atoms with Crippen molar-refractivity contribution < 1.29 is 4.79 Å². The van der Waals surface area contributed by atoms with E-state index in [4.69, 9.17) is 0 Å². The van der Waals surface area contributed by atoms with Crippen LogP contribution in [-0.2, 0) is 0 Å². The molecule has 2 aromatic rings. The third kappa shape index (κ3) is 2.01. The fourth-order valence-corrected chi connectivity index (χ4v) is 2.57. The molecular formula is C12H13BrN4O. The molecule has 1 aliphatic rings. The second-order valence-corrected chi connectivity index (χ2v) is 5.37. The first-order valence-electron chi connectivity index (χ1n) is 6.04. The van der Waals surface area contributed by atoms with E-state index in [0.29, 0.717) is 11.2 Å². The van der Waals surface area contributed by atoms with Crippen LogP contribution in [-0.4, -0.2) is 38.5 Å². The van der Waals surface area contributed by atoms with Gasteiger partial charge in [-0.25, -0.2) is 9.50 Å². The van der Waals surface area contributed by atoms with E-state index < -0.39 is 0 Å². The first kappa shape index (κ1) is 11.6. The van der Waals surface area contributed by atoms with Gasteiger partial charge in [0.1, 0.15) is 5.56 Å². The van der Waals surface area contributed by atoms with E-state index in [-0.39, 0.29) is 5.91 Å². The van der Waals surface area contributed by atoms with E-state index in [1.807, 2.05) is 4.90 Å². The lowest BCUT2D eigenvalue weighted by Gasteiger charge is -2.26. The first-order valence-corrected chi connectivity index (χ1v) is 6.83. The summed E-state index contributed by atoms with van der Waals surface area (Å²) >= 11 is 3.34. The second kappa shape index (κ2) is 4.68. The van der Waals surface area contributed by atoms with Crippen LogP contribution in [0.3, 0.4) is 0 Å². The predicted molar refractivity (Wildman–Crippen MR) is 70.4 cm³/mol. The van der Waals surface area contributed by atoms with Gasteiger partial charge in [0.05, 0.1) is 10.7 Å². The number of carbonyl (C=O) groups is 1. The monoisotopic (exact) mass is 308 g/mol. The van der Waals surface area contributed by atoms with Gasteiger partial charge in [-0.15, -0.1) is 0 Å². The van der Waals surface area contributed by atoms with Gasteiger partial charge in [0.25, 0.3) is 5.91 Å². The van der Waals surface area contributed by atoms with Crippen molar-refractivity contribution in [1.29, 1.82) is 0 Å². The second-order valence-electron chi connectivity index (χ2n) is 4.45. The fourth-order valence-electron chi connectivity index (χ4n) is 2.27. The minimum atomic E-state index is 0.0412. The summed E-state index contributed by atoms with van der Waals surface area (Å²) in [6.45, 7) is 1.68. The third-order valence-electron chi connectivity index (χ3n) is 3.20. The van der Waals surface area contributed by atoms with Gasteiger partial charge < -0.3 is 4.90 Å². The molecule has 1 amide bonds. The lowest BCUT2D eigenvalue weighted by molar-refractivity contribution is 0.0726. The number of halogens is 1. The van der Waals surface area contributed by atoms with Crippen LogP contribution in [0.15, 0.2) is 23.1 Å². The maximum atomic E-state index is 12.4. The number of aromatic nitrogens is 3. The number of hydrogen-bond donors (Lipinski definition) is 0. The summed E-state index contributed by atoms with van der Waals surface area (Å²) in [7, 11) is 0. The molecule has 0 bridgehead atoms. The lowest BCUT2D eigenvalue weighted by atomic mass is 10.1. The van der Waals surface area contributed by atoms with Gasteiger partial charge in [0.2, 0.25) is 0 Å². The zero-order valence-electron chi connectivity index (χ0n) is 9.84. The van der Waals surface area contributed by atoms with Gasteiger partial charge >= 0.3 is 0 Å². The molecule has 0 saturated carbocycles. The van der Waals surface area contributed by atoms with Crippen LogP contribution in [0.5, 0.6) is 0 Å². The quantitative estimate of drug-likeness (QED) is 0.811. The van der Waals surface area contributed by atoms with E-state index in [0.717, 1.165) is 30.4 Å². The number of hydrogen-bond acceptors (Lipinski definition) is 3. The molecule has 0 radical (unpaired) electrons. The summed E-state index contributed by atoms with van der Waals surface area (Å²) in [5.41, 5.74) is 1.21. The average molecular weight is 309 g/mol. The molecule has 1 saturated heterocycles. The zero-order valence-corrected chi connectivity index (χ0v) is 11.4. The van der Waals surface area contributed by atoms with Crippen molar-refractivity contribution in [3.05, 3.63) is 28.6 Å². The van der Waals surface area contributed by atoms with Crippen molar-refractivity contribution in [3.63, 3.8) is 0 Å². The largest absolute Gasteiger partial charge is 0.338 e. The van der Waals surface area contributed by atoms with Crippen molar-refractivity contribution in [3.8, 4) is 0 Å². The summed E-state index contributed by atoms with van der Waals surface area (Å²) in [6.07, 6.45) is 8.47. The maximum Gasteiger partial charge on any atom is 0.259 e. The molecular weight excluding hydrogens is 296 g/mol. The number of amides is 1. The van der Waals surface area contributed by atoms with Crippen LogP contribution in [0.2, 0.25) is 0 Å². The molecule has 94 valence electrons. The Kier molecular flexibility index (Phi) is 3.03. The van der Waals surface area contributed by atoms with E-state index >= 15 is 0 Å². The molecule has 6 heteroatoms. The van der Waals surface area contributed by atoms with Gasteiger partial charge in [-0.05, 0) is 35.2 Å². The van der Waals surface area contributed by atoms with Crippen molar-refractivity contribution in [1.82, 2.24) is 19.5 Å². The van der Waals surface area contributed by atoms with E-state index in [2.05, 4.69) is 26.0 Å². The molecule has 0 aliphatic carbocycles. The van der Waals surface area contributed by atoms with Crippen LogP contribution >= 0.6 is 15.9 Å². The minimum absolute atomic E-state index is 0.0412. The topological polar surface area (TPSA) is 50.5 Å². The van der Waals surface area contributed by atoms with Crippen molar-refractivity contribution in [2.75, 3.05) is 13.1 Å². The number of rotatable bonds is 1. The number of piperidine rings is 1. The molecule has 2 aromatic heterocycles. The van der Waals surface area contributed by atoms with Crippen LogP contribution in [0, 0.1) is 0 Å². The molecule has 0 atom stereocenters. The number of likely N-dealkylation sites (tertiary alicyclic amines) is 1. The minimum Gasteiger partial charge on any atom is -0.338 e. The SMILES string of the molecule is O=C(c1cnn2cc(Br)cnc12)N1CCCCC1. The standard InChI is InChI=1S/C12H13BrN4O/c13-9-6-14-11-10(7-15-17(11)8-9)12(18)16-4-2-1-3-5-16/h6-8H,1-5H2. The first-order chi connectivity index (χ1) is 8.75. The van der Waals surface area contributed by atoms with Crippen LogP contribution in [0.1, 0.15) is 29.6 Å². The highest BCUT2D eigenvalue weighted by molar-refractivity contribution is 9.10. The Hall–Kier alpha value is -1.43. The summed E-state index contributed by atoms with van der Waals surface area (Å²) in [4.78, 5) is 18.5. The molecule has 0 N–H and O–H groups in total. The van der Waals surface area contributed by atoms with Gasteiger partial charge in [0, 0.05) is 25.5 Å². The molecule has 1 fully saturated rings. The van der Waals surface area contributed by atoms with Gasteiger partial charge in [-0.2, -0.15) is 5.10 Å². The smallest absolute Gasteiger partial charge is 0.259 e. The highest BCUT2D eigenvalue weighted by Crippen LogP contribution is 2.17. The molecule has 0 spiro atoms. The van der Waals surface area contributed by atoms with Crippen molar-refractivity contribution in [2.24, 2.45) is 0 Å². The third-order valence-corrected chi connectivity index (χ3v) is 3.61. The van der Waals surface area contributed by atoms with Gasteiger partial charge in [0.15, 0.2) is 5.65 Å². The summed E-state index contributed by atoms with van der Waals surface area (Å²) in [6, 6.07) is 0.